The van der Waals surface area contributed by atoms with Crippen LogP contribution in [0.3, 0.4) is 0 Å². The highest BCUT2D eigenvalue weighted by molar-refractivity contribution is 9.10. The fourth-order valence-electron chi connectivity index (χ4n) is 1.24. The zero-order valence-electron chi connectivity index (χ0n) is 8.78. The van der Waals surface area contributed by atoms with E-state index in [4.69, 9.17) is 5.11 Å². The Labute approximate surface area is 105 Å². The number of carboxylic acid groups (broad SMARTS) is 1. The maximum atomic E-state index is 10.9. The molecule has 0 amide bonds. The summed E-state index contributed by atoms with van der Waals surface area (Å²) in [7, 11) is 0. The molecule has 0 bridgehead atoms. The molecular weight excluding hydrogens is 290 g/mol. The smallest absolute Gasteiger partial charge is 0.328 e. The van der Waals surface area contributed by atoms with Gasteiger partial charge in [0.25, 0.3) is 0 Å². The number of carbonyl (C=O) groups is 1. The Morgan fingerprint density at radius 1 is 1.53 bits per heavy atom. The average molecular weight is 298 g/mol. The predicted molar refractivity (Wildman–Crippen MR) is 61.1 cm³/mol. The molecule has 2 aromatic rings. The summed E-state index contributed by atoms with van der Waals surface area (Å²) in [5.41, 5.74) is 0.520. The van der Waals surface area contributed by atoms with Crippen molar-refractivity contribution in [2.24, 2.45) is 0 Å². The Kier molecular flexibility index (Phi) is 3.14. The Bertz CT molecular complexity index is 539. The van der Waals surface area contributed by atoms with Crippen LogP contribution in [0.4, 0.5) is 0 Å². The van der Waals surface area contributed by atoms with Gasteiger partial charge in [-0.2, -0.15) is 0 Å². The lowest BCUT2D eigenvalue weighted by Crippen LogP contribution is -2.18. The second-order valence-corrected chi connectivity index (χ2v) is 4.24. The summed E-state index contributed by atoms with van der Waals surface area (Å²) >= 11 is 3.26. The topological polar surface area (TPSA) is 93.8 Å². The van der Waals surface area contributed by atoms with Gasteiger partial charge in [0, 0.05) is 10.7 Å². The first-order valence-electron chi connectivity index (χ1n) is 4.72. The van der Waals surface area contributed by atoms with Gasteiger partial charge in [-0.1, -0.05) is 0 Å². The number of hydrogen-bond donors (Lipinski definition) is 1. The number of aromatic nitrogens is 5. The molecule has 88 valence electrons. The molecule has 0 saturated carbocycles. The van der Waals surface area contributed by atoms with Crippen LogP contribution in [0.2, 0.25) is 0 Å². The van der Waals surface area contributed by atoms with Gasteiger partial charge in [-0.15, -0.1) is 5.10 Å². The van der Waals surface area contributed by atoms with Crippen molar-refractivity contribution in [2.75, 3.05) is 0 Å². The average Bonchev–Trinajstić information content (AvgIpc) is 2.77. The first-order valence-corrected chi connectivity index (χ1v) is 5.51. The zero-order valence-corrected chi connectivity index (χ0v) is 10.4. The summed E-state index contributed by atoms with van der Waals surface area (Å²) in [5, 5.41) is 19.8. The van der Waals surface area contributed by atoms with Gasteiger partial charge in [-0.25, -0.2) is 9.48 Å². The lowest BCUT2D eigenvalue weighted by molar-refractivity contribution is -0.140. The molecule has 0 saturated heterocycles. The van der Waals surface area contributed by atoms with Crippen LogP contribution in [0, 0.1) is 0 Å². The molecule has 0 aromatic carbocycles. The van der Waals surface area contributed by atoms with E-state index in [2.05, 4.69) is 36.4 Å². The van der Waals surface area contributed by atoms with Crippen LogP contribution in [-0.2, 0) is 4.79 Å². The van der Waals surface area contributed by atoms with Crippen LogP contribution < -0.4 is 0 Å². The number of halogens is 1. The molecule has 0 fully saturated rings. The van der Waals surface area contributed by atoms with E-state index in [1.165, 1.54) is 11.6 Å². The number of tetrazole rings is 1. The van der Waals surface area contributed by atoms with Gasteiger partial charge in [0.1, 0.15) is 5.69 Å². The van der Waals surface area contributed by atoms with E-state index in [-0.39, 0.29) is 0 Å². The van der Waals surface area contributed by atoms with Crippen LogP contribution >= 0.6 is 15.9 Å². The Balaban J connectivity index is 2.43. The second kappa shape index (κ2) is 4.58. The SMILES string of the molecule is CC(C(=O)O)n1nnnc1-c1ccc(Br)cn1. The standard InChI is InChI=1S/C9H8BrN5O2/c1-5(9(16)17)15-8(12-13-14-15)7-3-2-6(10)4-11-7/h2-5H,1H3,(H,16,17). The Morgan fingerprint density at radius 3 is 2.88 bits per heavy atom. The number of pyridine rings is 1. The molecule has 7 nitrogen and oxygen atoms in total. The third-order valence-electron chi connectivity index (χ3n) is 2.17. The second-order valence-electron chi connectivity index (χ2n) is 3.32. The van der Waals surface area contributed by atoms with Crippen molar-refractivity contribution in [1.29, 1.82) is 0 Å². The summed E-state index contributed by atoms with van der Waals surface area (Å²) in [6.45, 7) is 1.50. The van der Waals surface area contributed by atoms with Crippen molar-refractivity contribution in [1.82, 2.24) is 25.2 Å². The van der Waals surface area contributed by atoms with Crippen LogP contribution in [-0.4, -0.2) is 36.3 Å². The maximum Gasteiger partial charge on any atom is 0.328 e. The van der Waals surface area contributed by atoms with Crippen molar-refractivity contribution in [3.05, 3.63) is 22.8 Å². The van der Waals surface area contributed by atoms with Crippen LogP contribution in [0.25, 0.3) is 11.5 Å². The number of nitrogens with zero attached hydrogens (tertiary/aromatic N) is 5. The fraction of sp³-hybridized carbons (Fsp3) is 0.222. The van der Waals surface area contributed by atoms with E-state index >= 15 is 0 Å². The highest BCUT2D eigenvalue weighted by atomic mass is 79.9. The Morgan fingerprint density at radius 2 is 2.29 bits per heavy atom. The highest BCUT2D eigenvalue weighted by Crippen LogP contribution is 2.18. The van der Waals surface area contributed by atoms with Gasteiger partial charge in [-0.05, 0) is 45.4 Å². The van der Waals surface area contributed by atoms with E-state index in [9.17, 15) is 4.79 Å². The monoisotopic (exact) mass is 297 g/mol. The summed E-state index contributed by atoms with van der Waals surface area (Å²) in [6.07, 6.45) is 1.60. The molecule has 1 atom stereocenters. The van der Waals surface area contributed by atoms with Crippen molar-refractivity contribution in [2.45, 2.75) is 13.0 Å². The summed E-state index contributed by atoms with van der Waals surface area (Å²) < 4.78 is 2.05. The molecular formula is C9H8BrN5O2. The molecule has 17 heavy (non-hydrogen) atoms. The van der Waals surface area contributed by atoms with Gasteiger partial charge < -0.3 is 5.11 Å². The zero-order chi connectivity index (χ0) is 12.4. The van der Waals surface area contributed by atoms with Gasteiger partial charge in [-0.3, -0.25) is 4.98 Å². The number of aliphatic carboxylic acids is 1. The third kappa shape index (κ3) is 2.31. The Hall–Kier alpha value is -1.83. The third-order valence-corrected chi connectivity index (χ3v) is 2.64. The molecule has 1 unspecified atom stereocenters. The summed E-state index contributed by atoms with van der Waals surface area (Å²) in [5.74, 6) is -0.678. The molecule has 8 heteroatoms. The molecule has 0 spiro atoms. The quantitative estimate of drug-likeness (QED) is 0.913. The largest absolute Gasteiger partial charge is 0.480 e. The minimum atomic E-state index is -1.00. The summed E-state index contributed by atoms with van der Waals surface area (Å²) in [6, 6.07) is 2.65. The van der Waals surface area contributed by atoms with E-state index in [1.807, 2.05) is 0 Å². The molecule has 2 aromatic heterocycles. The van der Waals surface area contributed by atoms with Crippen molar-refractivity contribution in [3.63, 3.8) is 0 Å². The van der Waals surface area contributed by atoms with Gasteiger partial charge >= 0.3 is 5.97 Å². The van der Waals surface area contributed by atoms with Crippen molar-refractivity contribution < 1.29 is 9.90 Å². The van der Waals surface area contributed by atoms with Crippen LogP contribution in [0.5, 0.6) is 0 Å². The lowest BCUT2D eigenvalue weighted by atomic mass is 10.3. The fourth-order valence-corrected chi connectivity index (χ4v) is 1.47. The van der Waals surface area contributed by atoms with E-state index in [0.29, 0.717) is 11.5 Å². The molecule has 2 heterocycles. The lowest BCUT2D eigenvalue weighted by Gasteiger charge is -2.07. The van der Waals surface area contributed by atoms with Crippen LogP contribution in [0.1, 0.15) is 13.0 Å². The molecule has 0 aliphatic carbocycles. The molecule has 2 rings (SSSR count). The van der Waals surface area contributed by atoms with Crippen LogP contribution in [0.15, 0.2) is 22.8 Å². The summed E-state index contributed by atoms with van der Waals surface area (Å²) in [4.78, 5) is 15.0. The molecule has 1 N–H and O–H groups in total. The number of hydrogen-bond acceptors (Lipinski definition) is 5. The van der Waals surface area contributed by atoms with Gasteiger partial charge in [0.05, 0.1) is 0 Å². The normalized spacial score (nSPS) is 12.4. The number of rotatable bonds is 3. The first kappa shape index (κ1) is 11.6. The first-order chi connectivity index (χ1) is 8.09. The predicted octanol–water partition coefficient (Wildman–Crippen LogP) is 1.14. The van der Waals surface area contributed by atoms with Crippen molar-refractivity contribution in [3.8, 4) is 11.5 Å². The molecule has 0 aliphatic rings. The minimum absolute atomic E-state index is 0.326. The highest BCUT2D eigenvalue weighted by Gasteiger charge is 2.20. The molecule has 0 aliphatic heterocycles. The van der Waals surface area contributed by atoms with E-state index in [1.54, 1.807) is 18.3 Å². The van der Waals surface area contributed by atoms with Crippen molar-refractivity contribution >= 4 is 21.9 Å². The molecule has 0 radical (unpaired) electrons. The van der Waals surface area contributed by atoms with Gasteiger partial charge in [0.15, 0.2) is 6.04 Å². The van der Waals surface area contributed by atoms with E-state index in [0.717, 1.165) is 4.47 Å². The minimum Gasteiger partial charge on any atom is -0.480 e. The number of carboxylic acids is 1. The van der Waals surface area contributed by atoms with Gasteiger partial charge in [0.2, 0.25) is 5.82 Å². The maximum absolute atomic E-state index is 10.9. The van der Waals surface area contributed by atoms with E-state index < -0.39 is 12.0 Å².